The maximum Gasteiger partial charge on any atom is 0.294 e. The third kappa shape index (κ3) is 6.61. The Morgan fingerprint density at radius 1 is 1.05 bits per heavy atom. The Morgan fingerprint density at radius 2 is 1.75 bits per heavy atom. The summed E-state index contributed by atoms with van der Waals surface area (Å²) in [6.07, 6.45) is 1.52. The number of imide groups is 1. The number of ether oxygens (including phenoxy) is 3. The minimum Gasteiger partial charge on any atom is -0.495 e. The van der Waals surface area contributed by atoms with E-state index in [0.717, 1.165) is 22.2 Å². The minimum atomic E-state index is -0.602. The number of hydrogen-bond acceptors (Lipinski definition) is 9. The number of anilines is 1. The average molecular weight is 628 g/mol. The molecule has 0 aromatic heterocycles. The number of nitrogens with one attached hydrogen (secondary N) is 1. The van der Waals surface area contributed by atoms with E-state index in [0.29, 0.717) is 33.0 Å². The van der Waals surface area contributed by atoms with Crippen molar-refractivity contribution >= 4 is 62.2 Å². The van der Waals surface area contributed by atoms with Crippen molar-refractivity contribution < 1.29 is 33.5 Å². The number of nitro groups is 1. The molecular weight excluding hydrogens is 606 g/mol. The smallest absolute Gasteiger partial charge is 0.294 e. The van der Waals surface area contributed by atoms with Gasteiger partial charge in [0.2, 0.25) is 5.91 Å². The van der Waals surface area contributed by atoms with Crippen LogP contribution in [-0.2, 0) is 16.2 Å². The van der Waals surface area contributed by atoms with Gasteiger partial charge in [-0.15, -0.1) is 0 Å². The third-order valence-electron chi connectivity index (χ3n) is 5.67. The first-order valence-corrected chi connectivity index (χ1v) is 13.2. The fourth-order valence-electron chi connectivity index (χ4n) is 3.67. The molecule has 0 spiro atoms. The summed E-state index contributed by atoms with van der Waals surface area (Å²) >= 11 is 4.18. The van der Waals surface area contributed by atoms with E-state index in [1.54, 1.807) is 48.5 Å². The van der Waals surface area contributed by atoms with Gasteiger partial charge in [0.1, 0.15) is 18.9 Å². The molecule has 1 N–H and O–H groups in total. The van der Waals surface area contributed by atoms with Gasteiger partial charge in [-0.05, 0) is 65.4 Å². The predicted octanol–water partition coefficient (Wildman–Crippen LogP) is 5.63. The van der Waals surface area contributed by atoms with Crippen LogP contribution in [0.1, 0.15) is 11.1 Å². The molecule has 0 atom stereocenters. The van der Waals surface area contributed by atoms with Crippen molar-refractivity contribution in [1.82, 2.24) is 4.90 Å². The molecule has 11 nitrogen and oxygen atoms in total. The molecule has 0 unspecified atom stereocenters. The Labute approximate surface area is 241 Å². The first-order valence-electron chi connectivity index (χ1n) is 11.6. The van der Waals surface area contributed by atoms with Crippen molar-refractivity contribution in [3.05, 3.63) is 91.3 Å². The Kier molecular flexibility index (Phi) is 9.07. The second-order valence-electron chi connectivity index (χ2n) is 8.25. The lowest BCUT2D eigenvalue weighted by Crippen LogP contribution is -2.36. The number of carbonyl (C=O) groups excluding carboxylic acids is 3. The molecule has 3 amide bonds. The van der Waals surface area contributed by atoms with Gasteiger partial charge >= 0.3 is 0 Å². The second-order valence-corrected chi connectivity index (χ2v) is 10.1. The number of non-ortho nitro benzene ring substituents is 1. The number of para-hydroxylation sites is 2. The lowest BCUT2D eigenvalue weighted by Gasteiger charge is -2.14. The van der Waals surface area contributed by atoms with Crippen molar-refractivity contribution in [3.8, 4) is 17.2 Å². The Morgan fingerprint density at radius 3 is 2.42 bits per heavy atom. The number of nitro benzene ring substituents is 1. The number of nitrogens with zero attached hydrogens (tertiary/aromatic N) is 2. The average Bonchev–Trinajstić information content (AvgIpc) is 3.20. The monoisotopic (exact) mass is 627 g/mol. The number of benzene rings is 3. The van der Waals surface area contributed by atoms with E-state index in [4.69, 9.17) is 14.2 Å². The van der Waals surface area contributed by atoms with E-state index in [2.05, 4.69) is 21.2 Å². The van der Waals surface area contributed by atoms with Crippen molar-refractivity contribution in [1.29, 1.82) is 0 Å². The molecule has 1 aliphatic heterocycles. The van der Waals surface area contributed by atoms with Gasteiger partial charge in [0.15, 0.2) is 11.5 Å². The zero-order valence-electron chi connectivity index (χ0n) is 21.2. The van der Waals surface area contributed by atoms with Gasteiger partial charge in [0, 0.05) is 16.6 Å². The largest absolute Gasteiger partial charge is 0.495 e. The summed E-state index contributed by atoms with van der Waals surface area (Å²) in [4.78, 5) is 49.5. The van der Waals surface area contributed by atoms with Crippen molar-refractivity contribution in [3.63, 3.8) is 0 Å². The fourth-order valence-corrected chi connectivity index (χ4v) is 4.93. The van der Waals surface area contributed by atoms with Crippen molar-refractivity contribution in [2.45, 2.75) is 6.61 Å². The highest BCUT2D eigenvalue weighted by atomic mass is 79.9. The number of amides is 3. The fraction of sp³-hybridized carbons (Fsp3) is 0.148. The molecule has 0 saturated carbocycles. The molecule has 1 aliphatic rings. The Balaban J connectivity index is 1.46. The Hall–Kier alpha value is -4.36. The van der Waals surface area contributed by atoms with Crippen LogP contribution in [-0.4, -0.2) is 47.6 Å². The number of hydrogen-bond donors (Lipinski definition) is 1. The summed E-state index contributed by atoms with van der Waals surface area (Å²) < 4.78 is 17.1. The van der Waals surface area contributed by atoms with E-state index in [-0.39, 0.29) is 17.2 Å². The minimum absolute atomic E-state index is 0.0186. The van der Waals surface area contributed by atoms with Crippen LogP contribution in [0.25, 0.3) is 6.08 Å². The number of thioether (sulfide) groups is 1. The third-order valence-corrected chi connectivity index (χ3v) is 7.26. The summed E-state index contributed by atoms with van der Waals surface area (Å²) in [5.74, 6) is 0.0570. The van der Waals surface area contributed by atoms with Crippen LogP contribution in [0.15, 0.2) is 70.0 Å². The highest BCUT2D eigenvalue weighted by molar-refractivity contribution is 9.10. The van der Waals surface area contributed by atoms with Gasteiger partial charge in [0.25, 0.3) is 16.8 Å². The molecule has 1 saturated heterocycles. The van der Waals surface area contributed by atoms with Gasteiger partial charge in [-0.3, -0.25) is 29.4 Å². The van der Waals surface area contributed by atoms with E-state index >= 15 is 0 Å². The lowest BCUT2D eigenvalue weighted by molar-refractivity contribution is -0.384. The topological polar surface area (TPSA) is 137 Å². The standard InChI is InChI=1S/C27H22BrN3O8S/c1-37-21-6-4-3-5-20(21)29-25(32)14-30-26(33)24(40-27(30)34)12-17-11-22(38-2)23(13-19(17)28)39-15-16-7-9-18(10-8-16)31(35)36/h3-13H,14-15H2,1-2H3,(H,29,32)/b24-12+. The number of rotatable bonds is 10. The molecule has 4 rings (SSSR count). The maximum atomic E-state index is 13.0. The highest BCUT2D eigenvalue weighted by Gasteiger charge is 2.36. The van der Waals surface area contributed by atoms with E-state index in [9.17, 15) is 24.5 Å². The second kappa shape index (κ2) is 12.7. The molecule has 1 heterocycles. The molecular formula is C27H22BrN3O8S. The number of carbonyl (C=O) groups is 3. The van der Waals surface area contributed by atoms with Gasteiger partial charge < -0.3 is 19.5 Å². The molecule has 0 aliphatic carbocycles. The molecule has 0 radical (unpaired) electrons. The normalized spacial score (nSPS) is 13.9. The van der Waals surface area contributed by atoms with E-state index in [1.165, 1.54) is 32.4 Å². The van der Waals surface area contributed by atoms with Crippen LogP contribution in [0, 0.1) is 10.1 Å². The van der Waals surface area contributed by atoms with Crippen molar-refractivity contribution in [2.24, 2.45) is 0 Å². The van der Waals surface area contributed by atoms with Gasteiger partial charge in [-0.1, -0.05) is 28.1 Å². The zero-order valence-corrected chi connectivity index (χ0v) is 23.6. The summed E-state index contributed by atoms with van der Waals surface area (Å²) in [6, 6.07) is 16.1. The molecule has 1 fully saturated rings. The van der Waals surface area contributed by atoms with E-state index in [1.807, 2.05) is 0 Å². The zero-order chi connectivity index (χ0) is 28.8. The maximum absolute atomic E-state index is 13.0. The number of methoxy groups -OCH3 is 2. The van der Waals surface area contributed by atoms with Crippen LogP contribution < -0.4 is 19.5 Å². The van der Waals surface area contributed by atoms with Crippen molar-refractivity contribution in [2.75, 3.05) is 26.1 Å². The van der Waals surface area contributed by atoms with Crippen LogP contribution in [0.5, 0.6) is 17.2 Å². The predicted molar refractivity (Wildman–Crippen MR) is 152 cm³/mol. The van der Waals surface area contributed by atoms with E-state index < -0.39 is 28.5 Å². The molecule has 206 valence electrons. The molecule has 40 heavy (non-hydrogen) atoms. The summed E-state index contributed by atoms with van der Waals surface area (Å²) in [6.45, 7) is -0.323. The van der Waals surface area contributed by atoms with Gasteiger partial charge in [-0.2, -0.15) is 0 Å². The number of halogens is 1. The summed E-state index contributed by atoms with van der Waals surface area (Å²) in [7, 11) is 2.93. The van der Waals surface area contributed by atoms with Crippen LogP contribution in [0.2, 0.25) is 0 Å². The SMILES string of the molecule is COc1ccccc1NC(=O)CN1C(=O)S/C(=C/c2cc(OC)c(OCc3ccc([N+](=O)[O-])cc3)cc2Br)C1=O. The highest BCUT2D eigenvalue weighted by Crippen LogP contribution is 2.38. The molecule has 3 aromatic carbocycles. The quantitative estimate of drug-likeness (QED) is 0.172. The lowest BCUT2D eigenvalue weighted by atomic mass is 10.1. The van der Waals surface area contributed by atoms with Crippen LogP contribution in [0.3, 0.4) is 0 Å². The van der Waals surface area contributed by atoms with Crippen LogP contribution in [0.4, 0.5) is 16.2 Å². The molecule has 3 aromatic rings. The summed E-state index contributed by atoms with van der Waals surface area (Å²) in [5, 5.41) is 12.9. The molecule has 13 heteroatoms. The Bertz CT molecular complexity index is 1510. The molecule has 0 bridgehead atoms. The first-order chi connectivity index (χ1) is 19.2. The summed E-state index contributed by atoms with van der Waals surface area (Å²) in [5.41, 5.74) is 1.67. The first kappa shape index (κ1) is 28.6. The van der Waals surface area contributed by atoms with Crippen LogP contribution >= 0.6 is 27.7 Å². The van der Waals surface area contributed by atoms with Gasteiger partial charge in [0.05, 0.1) is 29.7 Å². The van der Waals surface area contributed by atoms with Gasteiger partial charge in [-0.25, -0.2) is 0 Å².